The lowest BCUT2D eigenvalue weighted by Crippen LogP contribution is -2.03. The second-order valence-electron chi connectivity index (χ2n) is 3.49. The Labute approximate surface area is 95.7 Å². The molecule has 1 aromatic heterocycles. The highest BCUT2D eigenvalue weighted by atomic mass is 19.4. The van der Waals surface area contributed by atoms with E-state index in [-0.39, 0.29) is 0 Å². The zero-order valence-corrected chi connectivity index (χ0v) is 8.97. The van der Waals surface area contributed by atoms with Gasteiger partial charge in [0.1, 0.15) is 5.82 Å². The number of rotatable bonds is 2. The van der Waals surface area contributed by atoms with Crippen molar-refractivity contribution in [2.45, 2.75) is 6.18 Å². The third kappa shape index (κ3) is 2.41. The summed E-state index contributed by atoms with van der Waals surface area (Å²) in [7, 11) is 1.71. The predicted octanol–water partition coefficient (Wildman–Crippen LogP) is 3.14. The van der Waals surface area contributed by atoms with Gasteiger partial charge in [-0.2, -0.15) is 18.3 Å². The first kappa shape index (κ1) is 11.5. The van der Waals surface area contributed by atoms with Gasteiger partial charge in [-0.25, -0.2) is 0 Å². The van der Waals surface area contributed by atoms with E-state index in [9.17, 15) is 13.2 Å². The fraction of sp³-hybridized carbons (Fsp3) is 0.182. The summed E-state index contributed by atoms with van der Waals surface area (Å²) in [6, 6.07) is 6.65. The van der Waals surface area contributed by atoms with Crippen LogP contribution in [0.5, 0.6) is 0 Å². The lowest BCUT2D eigenvalue weighted by Gasteiger charge is -2.06. The number of nitrogens with one attached hydrogen (secondary N) is 2. The Balaban J connectivity index is 2.29. The molecule has 2 rings (SSSR count). The second-order valence-corrected chi connectivity index (χ2v) is 3.49. The van der Waals surface area contributed by atoms with Crippen LogP contribution in [-0.4, -0.2) is 17.2 Å². The molecule has 0 atom stereocenters. The van der Waals surface area contributed by atoms with Crippen LogP contribution in [0.2, 0.25) is 0 Å². The normalized spacial score (nSPS) is 11.5. The van der Waals surface area contributed by atoms with E-state index in [0.29, 0.717) is 17.1 Å². The Morgan fingerprint density at radius 3 is 2.29 bits per heavy atom. The number of anilines is 1. The molecule has 0 unspecified atom stereocenters. The summed E-state index contributed by atoms with van der Waals surface area (Å²) in [5.41, 5.74) is 0.671. The molecule has 1 aromatic carbocycles. The largest absolute Gasteiger partial charge is 0.416 e. The Morgan fingerprint density at radius 2 is 1.82 bits per heavy atom. The number of aromatic nitrogens is 2. The van der Waals surface area contributed by atoms with E-state index < -0.39 is 11.7 Å². The van der Waals surface area contributed by atoms with Gasteiger partial charge in [-0.3, -0.25) is 5.10 Å². The van der Waals surface area contributed by atoms with Gasteiger partial charge in [-0.1, -0.05) is 12.1 Å². The molecule has 0 radical (unpaired) electrons. The van der Waals surface area contributed by atoms with E-state index in [4.69, 9.17) is 0 Å². The third-order valence-corrected chi connectivity index (χ3v) is 2.36. The van der Waals surface area contributed by atoms with Crippen molar-refractivity contribution in [1.29, 1.82) is 0 Å². The zero-order chi connectivity index (χ0) is 12.5. The molecule has 0 spiro atoms. The topological polar surface area (TPSA) is 40.7 Å². The molecule has 2 aromatic rings. The van der Waals surface area contributed by atoms with Crippen molar-refractivity contribution in [2.24, 2.45) is 0 Å². The lowest BCUT2D eigenvalue weighted by atomic mass is 10.1. The SMILES string of the molecule is CNc1cc(-c2ccc(C(F)(F)F)cc2)[nH]n1. The second kappa shape index (κ2) is 4.12. The van der Waals surface area contributed by atoms with Crippen molar-refractivity contribution in [3.8, 4) is 11.3 Å². The molecule has 90 valence electrons. The van der Waals surface area contributed by atoms with Crippen molar-refractivity contribution in [3.63, 3.8) is 0 Å². The van der Waals surface area contributed by atoms with Gasteiger partial charge >= 0.3 is 6.18 Å². The molecule has 2 N–H and O–H groups in total. The first-order chi connectivity index (χ1) is 8.00. The van der Waals surface area contributed by atoms with E-state index in [1.165, 1.54) is 12.1 Å². The van der Waals surface area contributed by atoms with Gasteiger partial charge in [0.05, 0.1) is 11.3 Å². The summed E-state index contributed by atoms with van der Waals surface area (Å²) in [5, 5.41) is 9.49. The van der Waals surface area contributed by atoms with E-state index >= 15 is 0 Å². The third-order valence-electron chi connectivity index (χ3n) is 2.36. The van der Waals surface area contributed by atoms with Gasteiger partial charge in [0, 0.05) is 13.1 Å². The minimum atomic E-state index is -4.30. The maximum absolute atomic E-state index is 12.4. The summed E-state index contributed by atoms with van der Waals surface area (Å²) >= 11 is 0. The number of hydrogen-bond donors (Lipinski definition) is 2. The molecule has 3 nitrogen and oxygen atoms in total. The molecular formula is C11H10F3N3. The number of benzene rings is 1. The molecule has 0 bridgehead atoms. The van der Waals surface area contributed by atoms with Crippen LogP contribution in [0.4, 0.5) is 19.0 Å². The number of halogens is 3. The average Bonchev–Trinajstić information content (AvgIpc) is 2.76. The maximum Gasteiger partial charge on any atom is 0.416 e. The minimum absolute atomic E-state index is 0.639. The highest BCUT2D eigenvalue weighted by Gasteiger charge is 2.29. The highest BCUT2D eigenvalue weighted by molar-refractivity contribution is 5.62. The highest BCUT2D eigenvalue weighted by Crippen LogP contribution is 2.30. The van der Waals surface area contributed by atoms with Crippen LogP contribution < -0.4 is 5.32 Å². The minimum Gasteiger partial charge on any atom is -0.372 e. The van der Waals surface area contributed by atoms with Crippen LogP contribution in [0, 0.1) is 0 Å². The van der Waals surface area contributed by atoms with Gasteiger partial charge in [0.2, 0.25) is 0 Å². The molecular weight excluding hydrogens is 231 g/mol. The number of H-pyrrole nitrogens is 1. The molecule has 0 saturated heterocycles. The summed E-state index contributed by atoms with van der Waals surface area (Å²) in [4.78, 5) is 0. The average molecular weight is 241 g/mol. The number of alkyl halides is 3. The Morgan fingerprint density at radius 1 is 1.18 bits per heavy atom. The number of nitrogens with zero attached hydrogens (tertiary/aromatic N) is 1. The summed E-state index contributed by atoms with van der Waals surface area (Å²) in [5.74, 6) is 0.639. The fourth-order valence-electron chi connectivity index (χ4n) is 1.44. The predicted molar refractivity (Wildman–Crippen MR) is 58.6 cm³/mol. The van der Waals surface area contributed by atoms with Crippen LogP contribution in [0.1, 0.15) is 5.56 Å². The van der Waals surface area contributed by atoms with Gasteiger partial charge in [-0.05, 0) is 17.7 Å². The molecule has 0 aliphatic carbocycles. The van der Waals surface area contributed by atoms with Crippen LogP contribution >= 0.6 is 0 Å². The molecule has 6 heteroatoms. The molecule has 0 fully saturated rings. The quantitative estimate of drug-likeness (QED) is 0.848. The first-order valence-electron chi connectivity index (χ1n) is 4.91. The van der Waals surface area contributed by atoms with Gasteiger partial charge in [-0.15, -0.1) is 0 Å². The van der Waals surface area contributed by atoms with Crippen molar-refractivity contribution in [3.05, 3.63) is 35.9 Å². The lowest BCUT2D eigenvalue weighted by molar-refractivity contribution is -0.137. The van der Waals surface area contributed by atoms with Crippen LogP contribution in [0.15, 0.2) is 30.3 Å². The molecule has 0 aliphatic heterocycles. The Hall–Kier alpha value is -1.98. The van der Waals surface area contributed by atoms with Crippen LogP contribution in [0.25, 0.3) is 11.3 Å². The van der Waals surface area contributed by atoms with Gasteiger partial charge in [0.25, 0.3) is 0 Å². The molecule has 0 saturated carbocycles. The maximum atomic E-state index is 12.4. The molecule has 0 amide bonds. The number of hydrogen-bond acceptors (Lipinski definition) is 2. The summed E-state index contributed by atoms with van der Waals surface area (Å²) < 4.78 is 37.1. The Kier molecular flexibility index (Phi) is 2.79. The smallest absolute Gasteiger partial charge is 0.372 e. The van der Waals surface area contributed by atoms with E-state index in [0.717, 1.165) is 12.1 Å². The van der Waals surface area contributed by atoms with Crippen molar-refractivity contribution in [1.82, 2.24) is 10.2 Å². The van der Waals surface area contributed by atoms with Gasteiger partial charge in [0.15, 0.2) is 0 Å². The van der Waals surface area contributed by atoms with Crippen LogP contribution in [-0.2, 0) is 6.18 Å². The first-order valence-corrected chi connectivity index (χ1v) is 4.91. The summed E-state index contributed by atoms with van der Waals surface area (Å²) in [6.07, 6.45) is -4.30. The standard InChI is InChI=1S/C11H10F3N3/c1-15-10-6-9(16-17-10)7-2-4-8(5-3-7)11(12,13)14/h2-6H,1H3,(H2,15,16,17). The summed E-state index contributed by atoms with van der Waals surface area (Å²) in [6.45, 7) is 0. The van der Waals surface area contributed by atoms with E-state index in [2.05, 4.69) is 15.5 Å². The van der Waals surface area contributed by atoms with Crippen molar-refractivity contribution >= 4 is 5.82 Å². The zero-order valence-electron chi connectivity index (χ0n) is 8.97. The van der Waals surface area contributed by atoms with Crippen molar-refractivity contribution in [2.75, 3.05) is 12.4 Å². The van der Waals surface area contributed by atoms with E-state index in [1.807, 2.05) is 0 Å². The molecule has 17 heavy (non-hydrogen) atoms. The molecule has 0 aliphatic rings. The Bertz CT molecular complexity index is 499. The monoisotopic (exact) mass is 241 g/mol. The van der Waals surface area contributed by atoms with Gasteiger partial charge < -0.3 is 5.32 Å². The number of aromatic amines is 1. The van der Waals surface area contributed by atoms with Crippen molar-refractivity contribution < 1.29 is 13.2 Å². The molecule has 1 heterocycles. The fourth-order valence-corrected chi connectivity index (χ4v) is 1.44. The van der Waals surface area contributed by atoms with Crippen LogP contribution in [0.3, 0.4) is 0 Å². The van der Waals surface area contributed by atoms with E-state index in [1.54, 1.807) is 13.1 Å².